The Bertz CT molecular complexity index is 665. The van der Waals surface area contributed by atoms with E-state index in [1.165, 1.54) is 0 Å². The van der Waals surface area contributed by atoms with Crippen molar-refractivity contribution in [2.45, 2.75) is 44.5 Å². The second-order valence-electron chi connectivity index (χ2n) is 7.53. The molecule has 1 saturated heterocycles. The Kier molecular flexibility index (Phi) is 4.37. The van der Waals surface area contributed by atoms with Crippen molar-refractivity contribution in [1.82, 2.24) is 0 Å². The first-order valence-corrected chi connectivity index (χ1v) is 8.45. The van der Waals surface area contributed by atoms with Crippen molar-refractivity contribution in [3.63, 3.8) is 0 Å². The van der Waals surface area contributed by atoms with Gasteiger partial charge in [-0.05, 0) is 19.3 Å². The highest BCUT2D eigenvalue weighted by Gasteiger charge is 2.62. The quantitative estimate of drug-likeness (QED) is 0.453. The van der Waals surface area contributed by atoms with Crippen LogP contribution in [0.1, 0.15) is 26.2 Å². The van der Waals surface area contributed by atoms with Crippen LogP contribution in [0.3, 0.4) is 0 Å². The van der Waals surface area contributed by atoms with Crippen LogP contribution < -0.4 is 0 Å². The van der Waals surface area contributed by atoms with Crippen molar-refractivity contribution < 1.29 is 29.3 Å². The number of hydrogen-bond acceptors (Lipinski definition) is 6. The number of hydrogen-bond donors (Lipinski definition) is 2. The van der Waals surface area contributed by atoms with Gasteiger partial charge in [0.15, 0.2) is 0 Å². The fraction of sp³-hybridized carbons (Fsp3) is 0.579. The van der Waals surface area contributed by atoms with Gasteiger partial charge in [-0.15, -0.1) is 0 Å². The van der Waals surface area contributed by atoms with Gasteiger partial charge in [-0.2, -0.15) is 0 Å². The molecule has 0 spiro atoms. The summed E-state index contributed by atoms with van der Waals surface area (Å²) >= 11 is 0. The molecule has 25 heavy (non-hydrogen) atoms. The van der Waals surface area contributed by atoms with Crippen molar-refractivity contribution in [1.29, 1.82) is 0 Å². The summed E-state index contributed by atoms with van der Waals surface area (Å²) in [7, 11) is 0. The monoisotopic (exact) mass is 348 g/mol. The van der Waals surface area contributed by atoms with E-state index >= 15 is 0 Å². The standard InChI is InChI=1S/C19H24O6/c1-9-5-6-13(24-17(22)10(2)8-20)19(4)7-12(21)14-11(3)18(23)25-16(14)15(9)19/h12-16,20-21H,1-3,5-8H2,4H3/t12-,13-,14+,15+,16-,19-/m0/s1. The molecular weight excluding hydrogens is 324 g/mol. The average Bonchev–Trinajstić information content (AvgIpc) is 2.84. The van der Waals surface area contributed by atoms with Gasteiger partial charge in [0.25, 0.3) is 0 Å². The molecule has 0 aromatic carbocycles. The number of carbonyl (C=O) groups excluding carboxylic acids is 2. The van der Waals surface area contributed by atoms with Crippen LogP contribution in [0.4, 0.5) is 0 Å². The molecule has 6 heteroatoms. The summed E-state index contributed by atoms with van der Waals surface area (Å²) in [5.74, 6) is -1.81. The third kappa shape index (κ3) is 2.64. The summed E-state index contributed by atoms with van der Waals surface area (Å²) in [5, 5.41) is 19.7. The van der Waals surface area contributed by atoms with Crippen LogP contribution in [-0.2, 0) is 19.1 Å². The van der Waals surface area contributed by atoms with Gasteiger partial charge in [0.1, 0.15) is 12.2 Å². The number of aliphatic hydroxyl groups excluding tert-OH is 2. The van der Waals surface area contributed by atoms with Gasteiger partial charge in [0, 0.05) is 16.9 Å². The van der Waals surface area contributed by atoms with E-state index in [4.69, 9.17) is 14.6 Å². The van der Waals surface area contributed by atoms with E-state index in [2.05, 4.69) is 19.7 Å². The highest BCUT2D eigenvalue weighted by molar-refractivity contribution is 5.91. The van der Waals surface area contributed by atoms with E-state index in [1.807, 2.05) is 6.92 Å². The highest BCUT2D eigenvalue weighted by atomic mass is 16.6. The Hall–Kier alpha value is -1.92. The number of aliphatic hydroxyl groups is 2. The first kappa shape index (κ1) is 17.9. The van der Waals surface area contributed by atoms with E-state index < -0.39 is 48.2 Å². The minimum atomic E-state index is -0.807. The minimum Gasteiger partial charge on any atom is -0.458 e. The molecule has 1 aliphatic heterocycles. The first-order chi connectivity index (χ1) is 11.7. The van der Waals surface area contributed by atoms with Crippen LogP contribution in [0.5, 0.6) is 0 Å². The van der Waals surface area contributed by atoms with Gasteiger partial charge in [-0.3, -0.25) is 0 Å². The molecule has 2 aliphatic carbocycles. The Labute approximate surface area is 146 Å². The van der Waals surface area contributed by atoms with E-state index in [-0.39, 0.29) is 11.5 Å². The smallest absolute Gasteiger partial charge is 0.336 e. The predicted molar refractivity (Wildman–Crippen MR) is 89.2 cm³/mol. The lowest BCUT2D eigenvalue weighted by Gasteiger charge is -2.54. The highest BCUT2D eigenvalue weighted by Crippen LogP contribution is 2.58. The largest absolute Gasteiger partial charge is 0.458 e. The van der Waals surface area contributed by atoms with Crippen molar-refractivity contribution in [2.75, 3.05) is 6.61 Å². The maximum absolute atomic E-state index is 12.1. The zero-order valence-corrected chi connectivity index (χ0v) is 14.4. The Morgan fingerprint density at radius 1 is 1.44 bits per heavy atom. The van der Waals surface area contributed by atoms with Crippen molar-refractivity contribution >= 4 is 11.9 Å². The Balaban J connectivity index is 1.93. The van der Waals surface area contributed by atoms with E-state index in [1.54, 1.807) is 0 Å². The number of ether oxygens (including phenoxy) is 2. The van der Waals surface area contributed by atoms with Crippen molar-refractivity contribution in [3.05, 3.63) is 36.5 Å². The molecule has 3 fully saturated rings. The minimum absolute atomic E-state index is 0.0144. The van der Waals surface area contributed by atoms with Crippen molar-refractivity contribution in [3.8, 4) is 0 Å². The van der Waals surface area contributed by atoms with E-state index in [0.717, 1.165) is 5.57 Å². The van der Waals surface area contributed by atoms with Gasteiger partial charge < -0.3 is 19.7 Å². The second-order valence-corrected chi connectivity index (χ2v) is 7.53. The molecule has 2 N–H and O–H groups in total. The molecule has 136 valence electrons. The Morgan fingerprint density at radius 3 is 2.76 bits per heavy atom. The van der Waals surface area contributed by atoms with Crippen LogP contribution in [0.15, 0.2) is 36.5 Å². The molecule has 1 heterocycles. The molecule has 6 atom stereocenters. The summed E-state index contributed by atoms with van der Waals surface area (Å²) in [6, 6.07) is 0. The van der Waals surface area contributed by atoms with Gasteiger partial charge >= 0.3 is 11.9 Å². The van der Waals surface area contributed by atoms with Crippen LogP contribution in [0.25, 0.3) is 0 Å². The molecule has 3 rings (SSSR count). The molecule has 6 nitrogen and oxygen atoms in total. The first-order valence-electron chi connectivity index (χ1n) is 8.45. The summed E-state index contributed by atoms with van der Waals surface area (Å²) in [5.41, 5.74) is 0.589. The average molecular weight is 348 g/mol. The fourth-order valence-electron chi connectivity index (χ4n) is 4.72. The zero-order chi connectivity index (χ0) is 18.5. The molecule has 0 bridgehead atoms. The van der Waals surface area contributed by atoms with Crippen LogP contribution >= 0.6 is 0 Å². The number of fused-ring (bicyclic) bond motifs is 3. The van der Waals surface area contributed by atoms with Gasteiger partial charge in [-0.25, -0.2) is 9.59 Å². The van der Waals surface area contributed by atoms with Crippen molar-refractivity contribution in [2.24, 2.45) is 17.3 Å². The summed E-state index contributed by atoms with van der Waals surface area (Å²) < 4.78 is 11.1. The summed E-state index contributed by atoms with van der Waals surface area (Å²) in [6.45, 7) is 12.9. The number of esters is 2. The number of carbonyl (C=O) groups is 2. The second kappa shape index (κ2) is 6.11. The normalized spacial score (nSPS) is 40.1. The van der Waals surface area contributed by atoms with E-state index in [9.17, 15) is 14.7 Å². The topological polar surface area (TPSA) is 93.1 Å². The Morgan fingerprint density at radius 2 is 2.12 bits per heavy atom. The molecule has 0 radical (unpaired) electrons. The summed E-state index contributed by atoms with van der Waals surface area (Å²) in [4.78, 5) is 24.1. The van der Waals surface area contributed by atoms with Crippen LogP contribution in [0.2, 0.25) is 0 Å². The van der Waals surface area contributed by atoms with Crippen LogP contribution in [0, 0.1) is 17.3 Å². The summed E-state index contributed by atoms with van der Waals surface area (Å²) in [6.07, 6.45) is -0.288. The van der Waals surface area contributed by atoms with Gasteiger partial charge in [0.05, 0.1) is 24.2 Å². The fourth-order valence-corrected chi connectivity index (χ4v) is 4.72. The lowest BCUT2D eigenvalue weighted by molar-refractivity contribution is -0.179. The molecule has 0 unspecified atom stereocenters. The predicted octanol–water partition coefficient (Wildman–Crippen LogP) is 1.28. The van der Waals surface area contributed by atoms with Crippen LogP contribution in [-0.4, -0.2) is 47.1 Å². The maximum Gasteiger partial charge on any atom is 0.336 e. The van der Waals surface area contributed by atoms with Gasteiger partial charge in [-0.1, -0.05) is 32.2 Å². The lowest BCUT2D eigenvalue weighted by atomic mass is 9.53. The third-order valence-electron chi connectivity index (χ3n) is 6.00. The third-order valence-corrected chi connectivity index (χ3v) is 6.00. The molecule has 0 aromatic rings. The molecule has 3 aliphatic rings. The molecule has 2 saturated carbocycles. The molecule has 0 amide bonds. The maximum atomic E-state index is 12.1. The zero-order valence-electron chi connectivity index (χ0n) is 14.4. The molecular formula is C19H24O6. The lowest BCUT2D eigenvalue weighted by Crippen LogP contribution is -2.58. The van der Waals surface area contributed by atoms with E-state index in [0.29, 0.717) is 24.8 Å². The SMILES string of the molecule is C=C(CO)C(=O)O[C@H]1CCC(=C)[C@@H]2[C@H]3OC(=O)C(=C)[C@@H]3[C@@H](O)C[C@@]12C. The van der Waals surface area contributed by atoms with Gasteiger partial charge in [0.2, 0.25) is 0 Å². The molecule has 0 aromatic heterocycles. The number of rotatable bonds is 3.